The van der Waals surface area contributed by atoms with Crippen molar-refractivity contribution < 1.29 is 9.53 Å². The second kappa shape index (κ2) is 6.55. The molecule has 0 aliphatic rings. The van der Waals surface area contributed by atoms with Gasteiger partial charge in [0.1, 0.15) is 0 Å². The summed E-state index contributed by atoms with van der Waals surface area (Å²) in [6, 6.07) is 7.67. The Kier molecular flexibility index (Phi) is 5.35. The Morgan fingerprint density at radius 1 is 1.28 bits per heavy atom. The number of esters is 1. The van der Waals surface area contributed by atoms with Gasteiger partial charge in [0.2, 0.25) is 0 Å². The minimum absolute atomic E-state index is 0.0898. The van der Waals surface area contributed by atoms with Crippen LogP contribution in [-0.4, -0.2) is 19.1 Å². The maximum Gasteiger partial charge on any atom is 0.338 e. The first-order valence-electron chi connectivity index (χ1n) is 6.49. The Bertz CT molecular complexity index is 382. The van der Waals surface area contributed by atoms with E-state index in [1.165, 1.54) is 5.56 Å². The van der Waals surface area contributed by atoms with Gasteiger partial charge in [-0.25, -0.2) is 4.79 Å². The molecule has 0 atom stereocenters. The Hall–Kier alpha value is -1.35. The van der Waals surface area contributed by atoms with Crippen LogP contribution in [0, 0.1) is 0 Å². The largest absolute Gasteiger partial charge is 0.462 e. The van der Waals surface area contributed by atoms with E-state index in [0.717, 1.165) is 12.8 Å². The van der Waals surface area contributed by atoms with Crippen molar-refractivity contribution in [1.82, 2.24) is 0 Å². The quantitative estimate of drug-likeness (QED) is 0.789. The summed E-state index contributed by atoms with van der Waals surface area (Å²) in [4.78, 5) is 11.5. The number of carbonyl (C=O) groups is 1. The second-order valence-corrected chi connectivity index (χ2v) is 5.07. The smallest absolute Gasteiger partial charge is 0.338 e. The zero-order valence-corrected chi connectivity index (χ0v) is 11.5. The monoisotopic (exact) mass is 249 g/mol. The van der Waals surface area contributed by atoms with Crippen molar-refractivity contribution in [3.8, 4) is 0 Å². The Morgan fingerprint density at radius 2 is 1.89 bits per heavy atom. The van der Waals surface area contributed by atoms with Gasteiger partial charge in [-0.1, -0.05) is 26.0 Å². The molecule has 1 aromatic rings. The summed E-state index contributed by atoms with van der Waals surface area (Å²) in [5.41, 5.74) is 7.47. The maximum absolute atomic E-state index is 11.5. The minimum Gasteiger partial charge on any atom is -0.462 e. The topological polar surface area (TPSA) is 52.3 Å². The van der Waals surface area contributed by atoms with E-state index in [1.54, 1.807) is 0 Å². The van der Waals surface area contributed by atoms with Crippen LogP contribution in [0.3, 0.4) is 0 Å². The van der Waals surface area contributed by atoms with Crippen LogP contribution in [0.1, 0.15) is 49.5 Å². The van der Waals surface area contributed by atoms with Gasteiger partial charge in [-0.2, -0.15) is 0 Å². The lowest BCUT2D eigenvalue weighted by Crippen LogP contribution is -2.19. The maximum atomic E-state index is 11.5. The summed E-state index contributed by atoms with van der Waals surface area (Å²) in [7, 11) is 0. The third kappa shape index (κ3) is 3.84. The van der Waals surface area contributed by atoms with Crippen molar-refractivity contribution in [2.75, 3.05) is 13.2 Å². The molecule has 0 saturated carbocycles. The first-order chi connectivity index (χ1) is 8.51. The SMILES string of the molecule is CCOC(=O)c1ccc(C(C)(C)CCCN)cc1. The molecule has 0 fully saturated rings. The van der Waals surface area contributed by atoms with Crippen molar-refractivity contribution in [2.45, 2.75) is 39.0 Å². The van der Waals surface area contributed by atoms with E-state index in [0.29, 0.717) is 18.7 Å². The summed E-state index contributed by atoms with van der Waals surface area (Å²) < 4.78 is 4.96. The van der Waals surface area contributed by atoms with Gasteiger partial charge < -0.3 is 10.5 Å². The average molecular weight is 249 g/mol. The fourth-order valence-corrected chi connectivity index (χ4v) is 1.96. The first kappa shape index (κ1) is 14.7. The Labute approximate surface area is 109 Å². The van der Waals surface area contributed by atoms with Crippen LogP contribution >= 0.6 is 0 Å². The summed E-state index contributed by atoms with van der Waals surface area (Å²) in [6.45, 7) is 7.32. The van der Waals surface area contributed by atoms with Crippen molar-refractivity contribution >= 4 is 5.97 Å². The summed E-state index contributed by atoms with van der Waals surface area (Å²) >= 11 is 0. The van der Waals surface area contributed by atoms with E-state index in [1.807, 2.05) is 31.2 Å². The third-order valence-corrected chi connectivity index (χ3v) is 3.18. The van der Waals surface area contributed by atoms with Gasteiger partial charge >= 0.3 is 5.97 Å². The molecule has 0 heterocycles. The first-order valence-corrected chi connectivity index (χ1v) is 6.49. The number of benzene rings is 1. The highest BCUT2D eigenvalue weighted by molar-refractivity contribution is 5.89. The summed E-state index contributed by atoms with van der Waals surface area (Å²) in [6.07, 6.45) is 2.05. The van der Waals surface area contributed by atoms with Crippen LogP contribution in [0.2, 0.25) is 0 Å². The highest BCUT2D eigenvalue weighted by atomic mass is 16.5. The van der Waals surface area contributed by atoms with Gasteiger partial charge in [0.25, 0.3) is 0 Å². The van der Waals surface area contributed by atoms with Crippen LogP contribution in [-0.2, 0) is 10.2 Å². The normalized spacial score (nSPS) is 11.3. The molecule has 2 N–H and O–H groups in total. The third-order valence-electron chi connectivity index (χ3n) is 3.18. The molecule has 0 unspecified atom stereocenters. The van der Waals surface area contributed by atoms with Crippen molar-refractivity contribution in [3.63, 3.8) is 0 Å². The van der Waals surface area contributed by atoms with Gasteiger partial charge in [0, 0.05) is 0 Å². The molecule has 100 valence electrons. The lowest BCUT2D eigenvalue weighted by molar-refractivity contribution is 0.0526. The number of carbonyl (C=O) groups excluding carboxylic acids is 1. The van der Waals surface area contributed by atoms with E-state index in [-0.39, 0.29) is 11.4 Å². The zero-order valence-electron chi connectivity index (χ0n) is 11.5. The average Bonchev–Trinajstić information content (AvgIpc) is 2.37. The molecule has 0 amide bonds. The number of ether oxygens (including phenoxy) is 1. The fraction of sp³-hybridized carbons (Fsp3) is 0.533. The zero-order chi connectivity index (χ0) is 13.6. The standard InChI is InChI=1S/C15H23NO2/c1-4-18-14(17)12-6-8-13(9-7-12)15(2,3)10-5-11-16/h6-9H,4-5,10-11,16H2,1-3H3. The van der Waals surface area contributed by atoms with Gasteiger partial charge in [-0.05, 0) is 49.4 Å². The van der Waals surface area contributed by atoms with Crippen molar-refractivity contribution in [1.29, 1.82) is 0 Å². The van der Waals surface area contributed by atoms with Gasteiger partial charge in [0.15, 0.2) is 0 Å². The van der Waals surface area contributed by atoms with Crippen molar-refractivity contribution in [3.05, 3.63) is 35.4 Å². The van der Waals surface area contributed by atoms with E-state index in [4.69, 9.17) is 10.5 Å². The predicted octanol–water partition coefficient (Wildman–Crippen LogP) is 2.88. The molecule has 0 aliphatic heterocycles. The number of rotatable bonds is 6. The molecule has 3 nitrogen and oxygen atoms in total. The molecule has 0 aliphatic carbocycles. The van der Waals surface area contributed by atoms with E-state index in [2.05, 4.69) is 13.8 Å². The van der Waals surface area contributed by atoms with Crippen LogP contribution in [0.5, 0.6) is 0 Å². The molecular weight excluding hydrogens is 226 g/mol. The highest BCUT2D eigenvalue weighted by Gasteiger charge is 2.20. The van der Waals surface area contributed by atoms with Crippen LogP contribution in [0.15, 0.2) is 24.3 Å². The summed E-state index contributed by atoms with van der Waals surface area (Å²) in [5.74, 6) is -0.260. The minimum atomic E-state index is -0.260. The van der Waals surface area contributed by atoms with Crippen molar-refractivity contribution in [2.24, 2.45) is 5.73 Å². The molecule has 18 heavy (non-hydrogen) atoms. The molecule has 0 saturated heterocycles. The van der Waals surface area contributed by atoms with Crippen LogP contribution < -0.4 is 5.73 Å². The highest BCUT2D eigenvalue weighted by Crippen LogP contribution is 2.28. The number of hydrogen-bond acceptors (Lipinski definition) is 3. The van der Waals surface area contributed by atoms with Gasteiger partial charge in [-0.3, -0.25) is 0 Å². The predicted molar refractivity (Wildman–Crippen MR) is 73.7 cm³/mol. The molecule has 1 rings (SSSR count). The second-order valence-electron chi connectivity index (χ2n) is 5.07. The Balaban J connectivity index is 2.78. The van der Waals surface area contributed by atoms with Crippen LogP contribution in [0.4, 0.5) is 0 Å². The molecule has 3 heteroatoms. The lowest BCUT2D eigenvalue weighted by atomic mass is 9.80. The molecule has 0 bridgehead atoms. The van der Waals surface area contributed by atoms with Gasteiger partial charge in [0.05, 0.1) is 12.2 Å². The van der Waals surface area contributed by atoms with E-state index >= 15 is 0 Å². The van der Waals surface area contributed by atoms with Gasteiger partial charge in [-0.15, -0.1) is 0 Å². The molecule has 1 aromatic carbocycles. The number of hydrogen-bond donors (Lipinski definition) is 1. The molecule has 0 spiro atoms. The molecule has 0 radical (unpaired) electrons. The fourth-order valence-electron chi connectivity index (χ4n) is 1.96. The number of nitrogens with two attached hydrogens (primary N) is 1. The molecular formula is C15H23NO2. The van der Waals surface area contributed by atoms with E-state index < -0.39 is 0 Å². The Morgan fingerprint density at radius 3 is 2.39 bits per heavy atom. The van der Waals surface area contributed by atoms with E-state index in [9.17, 15) is 4.79 Å². The molecule has 0 aromatic heterocycles. The summed E-state index contributed by atoms with van der Waals surface area (Å²) in [5, 5.41) is 0. The lowest BCUT2D eigenvalue weighted by Gasteiger charge is -2.25. The van der Waals surface area contributed by atoms with Crippen LogP contribution in [0.25, 0.3) is 0 Å².